The van der Waals surface area contributed by atoms with Gasteiger partial charge in [0.05, 0.1) is 5.69 Å². The summed E-state index contributed by atoms with van der Waals surface area (Å²) < 4.78 is 0. The van der Waals surface area contributed by atoms with Crippen LogP contribution < -0.4 is 19.6 Å². The summed E-state index contributed by atoms with van der Waals surface area (Å²) in [5.41, 5.74) is 22.8. The molecule has 0 aliphatic carbocycles. The maximum atomic E-state index is 5.06. The molecular formula is C70H60N5Pt-3. The van der Waals surface area contributed by atoms with Crippen LogP contribution in [-0.4, -0.2) is 4.98 Å². The first-order valence-corrected chi connectivity index (χ1v) is 26.0. The van der Waals surface area contributed by atoms with Gasteiger partial charge in [0.1, 0.15) is 5.82 Å². The summed E-state index contributed by atoms with van der Waals surface area (Å²) in [7, 11) is 0. The average Bonchev–Trinajstić information content (AvgIpc) is 3.77. The van der Waals surface area contributed by atoms with Gasteiger partial charge >= 0.3 is 0 Å². The van der Waals surface area contributed by atoms with Crippen LogP contribution in [-0.2, 0) is 31.9 Å². The quantitative estimate of drug-likeness (QED) is 0.141. The first kappa shape index (κ1) is 50.2. The SMILES string of the molecule is Cc1cc2c(cc1C)N(c1c(-c3ccccc3)cccc1C(C)(C)C)[CH-]N2c1[c-]c(N(c2[c-]c3c(cc2)-c2ccccc2-c2ccc(C(C)(C)C)cc2N3c2ccccn2)c2ccccc2)cc(-c2ccccc2)c1.[Pt]. The molecule has 6 heteroatoms. The van der Waals surface area contributed by atoms with E-state index >= 15 is 0 Å². The van der Waals surface area contributed by atoms with Crippen molar-refractivity contribution < 1.29 is 21.1 Å². The molecule has 0 bridgehead atoms. The molecule has 3 heterocycles. The molecule has 10 aromatic rings. The fourth-order valence-corrected chi connectivity index (χ4v) is 10.8. The molecule has 76 heavy (non-hydrogen) atoms. The molecule has 0 amide bonds. The number of aryl methyl sites for hydroxylation is 2. The van der Waals surface area contributed by atoms with E-state index in [4.69, 9.17) is 4.98 Å². The third kappa shape index (κ3) is 9.11. The summed E-state index contributed by atoms with van der Waals surface area (Å²) in [4.78, 5) is 14.5. The van der Waals surface area contributed by atoms with Crippen molar-refractivity contribution in [1.29, 1.82) is 0 Å². The molecule has 2 aliphatic heterocycles. The van der Waals surface area contributed by atoms with Crippen LogP contribution in [0.4, 0.5) is 57.0 Å². The minimum absolute atomic E-state index is 0. The van der Waals surface area contributed by atoms with Gasteiger partial charge in [0.25, 0.3) is 0 Å². The van der Waals surface area contributed by atoms with Gasteiger partial charge in [-0.1, -0.05) is 204 Å². The molecule has 378 valence electrons. The summed E-state index contributed by atoms with van der Waals surface area (Å²) in [5, 5.41) is 0. The number of hydrogen-bond donors (Lipinski definition) is 0. The van der Waals surface area contributed by atoms with Crippen molar-refractivity contribution >= 4 is 57.0 Å². The topological polar surface area (TPSA) is 25.9 Å². The maximum Gasteiger partial charge on any atom is 0.135 e. The van der Waals surface area contributed by atoms with E-state index in [9.17, 15) is 0 Å². The number of rotatable bonds is 8. The minimum atomic E-state index is -0.153. The van der Waals surface area contributed by atoms with Gasteiger partial charge in [-0.15, -0.1) is 53.8 Å². The monoisotopic (exact) mass is 1170 g/mol. The smallest absolute Gasteiger partial charge is 0.135 e. The van der Waals surface area contributed by atoms with Gasteiger partial charge in [-0.2, -0.15) is 6.07 Å². The van der Waals surface area contributed by atoms with Crippen molar-refractivity contribution in [2.75, 3.05) is 19.6 Å². The standard InChI is InChI=1S/C70H60N5.Pt/c1-47-39-65-66(40-48(47)2)73(68-57(50-25-14-10-15-26-50)31-22-32-62(68)70(6,7)8)46-72(65)55-41-51(49-23-12-9-13-24-49)42-56(44-55)74(53-27-16-11-17-28-53)54-35-37-61-59-30-19-18-29-58(59)60-36-34-52(69(3,4)5)43-63(60)75(64(61)45-54)67-33-20-21-38-71-67;/h9-43,46H,1-8H3;/q-3;. The van der Waals surface area contributed by atoms with Gasteiger partial charge in [0.15, 0.2) is 0 Å². The zero-order valence-electron chi connectivity index (χ0n) is 44.3. The number of para-hydroxylation sites is 2. The number of hydrogen-bond acceptors (Lipinski definition) is 5. The Bertz CT molecular complexity index is 3750. The first-order valence-electron chi connectivity index (χ1n) is 26.0. The van der Waals surface area contributed by atoms with E-state index in [0.717, 1.165) is 79.1 Å². The molecule has 12 rings (SSSR count). The van der Waals surface area contributed by atoms with Crippen molar-refractivity contribution in [3.63, 3.8) is 0 Å². The summed E-state index contributed by atoms with van der Waals surface area (Å²) in [6, 6.07) is 82.7. The molecule has 9 aromatic carbocycles. The molecule has 0 saturated carbocycles. The van der Waals surface area contributed by atoms with Crippen molar-refractivity contribution in [2.45, 2.75) is 66.2 Å². The Labute approximate surface area is 464 Å². The van der Waals surface area contributed by atoms with Gasteiger partial charge in [0.2, 0.25) is 0 Å². The number of benzene rings is 9. The van der Waals surface area contributed by atoms with Gasteiger partial charge in [-0.05, 0) is 106 Å². The van der Waals surface area contributed by atoms with E-state index in [1.54, 1.807) is 0 Å². The largest absolute Gasteiger partial charge is 0.493 e. The van der Waals surface area contributed by atoms with Crippen molar-refractivity contribution in [1.82, 2.24) is 4.98 Å². The average molecular weight is 1170 g/mol. The number of aromatic nitrogens is 1. The molecule has 0 saturated heterocycles. The summed E-state index contributed by atoms with van der Waals surface area (Å²) in [6.45, 7) is 20.5. The van der Waals surface area contributed by atoms with Crippen LogP contribution in [0.25, 0.3) is 44.5 Å². The third-order valence-corrected chi connectivity index (χ3v) is 14.8. The Morgan fingerprint density at radius 1 is 0.461 bits per heavy atom. The van der Waals surface area contributed by atoms with Crippen LogP contribution in [0.3, 0.4) is 0 Å². The molecule has 0 unspecified atom stereocenters. The van der Waals surface area contributed by atoms with Gasteiger partial charge in [-0.3, -0.25) is 0 Å². The van der Waals surface area contributed by atoms with E-state index in [2.05, 4.69) is 294 Å². The van der Waals surface area contributed by atoms with E-state index in [-0.39, 0.29) is 31.9 Å². The number of nitrogens with zero attached hydrogens (tertiary/aromatic N) is 5. The Balaban J connectivity index is 0.00000616. The molecule has 1 aromatic heterocycles. The Hall–Kier alpha value is -7.98. The predicted molar refractivity (Wildman–Crippen MR) is 315 cm³/mol. The number of fused-ring (bicyclic) bond motifs is 6. The van der Waals surface area contributed by atoms with E-state index in [1.807, 2.05) is 12.3 Å². The van der Waals surface area contributed by atoms with Crippen LogP contribution in [0.2, 0.25) is 0 Å². The predicted octanol–water partition coefficient (Wildman–Crippen LogP) is 19.2. The van der Waals surface area contributed by atoms with Gasteiger partial charge in [0, 0.05) is 61.1 Å². The zero-order valence-corrected chi connectivity index (χ0v) is 46.6. The third-order valence-electron chi connectivity index (χ3n) is 14.8. The molecular weight excluding hydrogens is 1110 g/mol. The second-order valence-electron chi connectivity index (χ2n) is 21.9. The van der Waals surface area contributed by atoms with Crippen molar-refractivity contribution in [3.8, 4) is 44.5 Å². The van der Waals surface area contributed by atoms with E-state index in [1.165, 1.54) is 44.6 Å². The van der Waals surface area contributed by atoms with Crippen LogP contribution in [0.15, 0.2) is 212 Å². The Kier molecular flexibility index (Phi) is 13.2. The maximum absolute atomic E-state index is 5.06. The molecule has 0 N–H and O–H groups in total. The van der Waals surface area contributed by atoms with Crippen LogP contribution >= 0.6 is 0 Å². The second kappa shape index (κ2) is 19.9. The fraction of sp³-hybridized carbons (Fsp3) is 0.143. The van der Waals surface area contributed by atoms with Crippen LogP contribution in [0, 0.1) is 32.6 Å². The molecule has 2 aliphatic rings. The van der Waals surface area contributed by atoms with Gasteiger partial charge < -0.3 is 19.6 Å². The Morgan fingerprint density at radius 3 is 1.72 bits per heavy atom. The molecule has 0 fully saturated rings. The number of anilines is 10. The molecule has 5 nitrogen and oxygen atoms in total. The Morgan fingerprint density at radius 2 is 1.07 bits per heavy atom. The molecule has 0 radical (unpaired) electrons. The zero-order chi connectivity index (χ0) is 51.6. The molecule has 0 atom stereocenters. The van der Waals surface area contributed by atoms with Crippen molar-refractivity contribution in [3.05, 3.63) is 254 Å². The first-order chi connectivity index (χ1) is 36.3. The van der Waals surface area contributed by atoms with E-state index in [0.29, 0.717) is 0 Å². The van der Waals surface area contributed by atoms with Crippen LogP contribution in [0.5, 0.6) is 0 Å². The van der Waals surface area contributed by atoms with E-state index < -0.39 is 0 Å². The van der Waals surface area contributed by atoms with Crippen LogP contribution in [0.1, 0.15) is 63.8 Å². The van der Waals surface area contributed by atoms with Gasteiger partial charge in [-0.25, -0.2) is 4.98 Å². The van der Waals surface area contributed by atoms with Crippen molar-refractivity contribution in [2.24, 2.45) is 0 Å². The summed E-state index contributed by atoms with van der Waals surface area (Å²) >= 11 is 0. The summed E-state index contributed by atoms with van der Waals surface area (Å²) in [6.07, 6.45) is 1.88. The number of pyridine rings is 1. The normalized spacial score (nSPS) is 12.8. The second-order valence-corrected chi connectivity index (χ2v) is 21.9. The fourth-order valence-electron chi connectivity index (χ4n) is 10.8. The minimum Gasteiger partial charge on any atom is -0.493 e. The molecule has 0 spiro atoms. The summed E-state index contributed by atoms with van der Waals surface area (Å²) in [5.74, 6) is 0.820.